The van der Waals surface area contributed by atoms with E-state index in [-0.39, 0.29) is 11.3 Å². The highest BCUT2D eigenvalue weighted by atomic mass is 19.1. The number of carbonyl (C=O) groups excluding carboxylic acids is 1. The molecule has 0 aliphatic heterocycles. The van der Waals surface area contributed by atoms with Gasteiger partial charge in [-0.2, -0.15) is 0 Å². The molecule has 1 rings (SSSR count). The molecule has 0 saturated carbocycles. The van der Waals surface area contributed by atoms with Gasteiger partial charge in [0.2, 0.25) is 0 Å². The quantitative estimate of drug-likeness (QED) is 0.799. The Kier molecular flexibility index (Phi) is 4.28. The van der Waals surface area contributed by atoms with Crippen LogP contribution >= 0.6 is 0 Å². The molecule has 0 aromatic heterocycles. The fourth-order valence-electron chi connectivity index (χ4n) is 1.36. The van der Waals surface area contributed by atoms with Crippen LogP contribution in [0.4, 0.5) is 4.39 Å². The molecule has 0 spiro atoms. The Morgan fingerprint density at radius 2 is 1.76 bits per heavy atom. The summed E-state index contributed by atoms with van der Waals surface area (Å²) in [5, 5.41) is 0. The van der Waals surface area contributed by atoms with Gasteiger partial charge in [-0.25, -0.2) is 4.39 Å². The van der Waals surface area contributed by atoms with Crippen molar-refractivity contribution < 1.29 is 23.4 Å². The van der Waals surface area contributed by atoms with Gasteiger partial charge in [-0.05, 0) is 6.07 Å². The number of nitrogens with two attached hydrogens (primary N) is 1. The predicted molar refractivity (Wildman–Crippen MR) is 58.4 cm³/mol. The lowest BCUT2D eigenvalue weighted by Crippen LogP contribution is -2.23. The summed E-state index contributed by atoms with van der Waals surface area (Å²) in [6.07, 6.45) is 0. The smallest absolute Gasteiger partial charge is 0.327 e. The Morgan fingerprint density at radius 3 is 2.24 bits per heavy atom. The van der Waals surface area contributed by atoms with Crippen molar-refractivity contribution in [3.05, 3.63) is 23.5 Å². The summed E-state index contributed by atoms with van der Waals surface area (Å²) in [4.78, 5) is 11.2. The topological polar surface area (TPSA) is 70.8 Å². The van der Waals surface area contributed by atoms with Crippen molar-refractivity contribution in [3.8, 4) is 11.5 Å². The van der Waals surface area contributed by atoms with Crippen LogP contribution in [0.1, 0.15) is 11.6 Å². The van der Waals surface area contributed by atoms with E-state index in [9.17, 15) is 9.18 Å². The Hall–Kier alpha value is -1.82. The lowest BCUT2D eigenvalue weighted by Gasteiger charge is -2.14. The number of halogens is 1. The summed E-state index contributed by atoms with van der Waals surface area (Å²) in [5.41, 5.74) is 5.55. The molecule has 0 unspecified atom stereocenters. The number of ether oxygens (including phenoxy) is 3. The molecule has 6 heteroatoms. The maximum Gasteiger partial charge on any atom is 0.327 e. The minimum absolute atomic E-state index is 0.00509. The van der Waals surface area contributed by atoms with Crippen molar-refractivity contribution in [1.29, 1.82) is 0 Å². The SMILES string of the molecule is COC(=O)[C@@H](N)c1cc(OC)c(OC)cc1F. The standard InChI is InChI=1S/C11H14FNO4/c1-15-8-4-6(10(13)11(14)17-3)7(12)5-9(8)16-2/h4-5,10H,13H2,1-3H3/t10-/m0/s1. The zero-order valence-electron chi connectivity index (χ0n) is 9.82. The third-order valence-electron chi connectivity index (χ3n) is 2.29. The minimum Gasteiger partial charge on any atom is -0.493 e. The second-order valence-corrected chi connectivity index (χ2v) is 3.23. The highest BCUT2D eigenvalue weighted by molar-refractivity contribution is 5.77. The summed E-state index contributed by atoms with van der Waals surface area (Å²) in [5.74, 6) is -0.856. The van der Waals surface area contributed by atoms with Crippen LogP contribution in [0, 0.1) is 5.82 Å². The average Bonchev–Trinajstić information content (AvgIpc) is 2.36. The Balaban J connectivity index is 3.21. The molecule has 1 aromatic carbocycles. The fraction of sp³-hybridized carbons (Fsp3) is 0.364. The molecule has 5 nitrogen and oxygen atoms in total. The number of hydrogen-bond donors (Lipinski definition) is 1. The van der Waals surface area contributed by atoms with Gasteiger partial charge in [0, 0.05) is 11.6 Å². The van der Waals surface area contributed by atoms with Crippen LogP contribution in [0.15, 0.2) is 12.1 Å². The maximum atomic E-state index is 13.7. The van der Waals surface area contributed by atoms with Crippen LogP contribution in [0.5, 0.6) is 11.5 Å². The van der Waals surface area contributed by atoms with E-state index in [0.29, 0.717) is 5.75 Å². The van der Waals surface area contributed by atoms with E-state index in [1.165, 1.54) is 27.4 Å². The largest absolute Gasteiger partial charge is 0.493 e. The van der Waals surface area contributed by atoms with Crippen LogP contribution < -0.4 is 15.2 Å². The third-order valence-corrected chi connectivity index (χ3v) is 2.29. The Labute approximate surface area is 98.3 Å². The van der Waals surface area contributed by atoms with Gasteiger partial charge in [-0.15, -0.1) is 0 Å². The van der Waals surface area contributed by atoms with Gasteiger partial charge in [0.1, 0.15) is 11.9 Å². The molecule has 17 heavy (non-hydrogen) atoms. The van der Waals surface area contributed by atoms with Gasteiger partial charge in [-0.1, -0.05) is 0 Å². The van der Waals surface area contributed by atoms with Gasteiger partial charge >= 0.3 is 5.97 Å². The molecule has 0 saturated heterocycles. The van der Waals surface area contributed by atoms with Crippen molar-refractivity contribution in [2.75, 3.05) is 21.3 Å². The van der Waals surface area contributed by atoms with Crippen molar-refractivity contribution >= 4 is 5.97 Å². The monoisotopic (exact) mass is 243 g/mol. The predicted octanol–water partition coefficient (Wildman–Crippen LogP) is 1.02. The van der Waals surface area contributed by atoms with Gasteiger partial charge < -0.3 is 19.9 Å². The van der Waals surface area contributed by atoms with Gasteiger partial charge in [0.05, 0.1) is 21.3 Å². The number of rotatable bonds is 4. The number of methoxy groups -OCH3 is 3. The third kappa shape index (κ3) is 2.65. The molecule has 1 aromatic rings. The Morgan fingerprint density at radius 1 is 1.24 bits per heavy atom. The molecule has 0 heterocycles. The van der Waals surface area contributed by atoms with Gasteiger partial charge in [-0.3, -0.25) is 4.79 Å². The normalized spacial score (nSPS) is 11.8. The second-order valence-electron chi connectivity index (χ2n) is 3.23. The average molecular weight is 243 g/mol. The lowest BCUT2D eigenvalue weighted by atomic mass is 10.1. The van der Waals surface area contributed by atoms with Gasteiger partial charge in [0.15, 0.2) is 11.5 Å². The molecular weight excluding hydrogens is 229 g/mol. The van der Waals surface area contributed by atoms with Crippen LogP contribution in [0.2, 0.25) is 0 Å². The molecule has 2 N–H and O–H groups in total. The molecule has 0 bridgehead atoms. The number of benzene rings is 1. The highest BCUT2D eigenvalue weighted by Crippen LogP contribution is 2.32. The first-order valence-corrected chi connectivity index (χ1v) is 4.80. The van der Waals surface area contributed by atoms with Crippen LogP contribution in [-0.2, 0) is 9.53 Å². The second kappa shape index (κ2) is 5.49. The van der Waals surface area contributed by atoms with Crippen molar-refractivity contribution in [3.63, 3.8) is 0 Å². The minimum atomic E-state index is -1.19. The summed E-state index contributed by atoms with van der Waals surface area (Å²) >= 11 is 0. The first-order chi connectivity index (χ1) is 8.04. The van der Waals surface area contributed by atoms with Crippen LogP contribution in [-0.4, -0.2) is 27.3 Å². The van der Waals surface area contributed by atoms with Crippen LogP contribution in [0.25, 0.3) is 0 Å². The number of hydrogen-bond acceptors (Lipinski definition) is 5. The molecule has 1 atom stereocenters. The molecule has 0 aliphatic carbocycles. The number of esters is 1. The van der Waals surface area contributed by atoms with Gasteiger partial charge in [0.25, 0.3) is 0 Å². The molecule has 94 valence electrons. The first kappa shape index (κ1) is 13.2. The Bertz CT molecular complexity index is 422. The van der Waals surface area contributed by atoms with Crippen molar-refractivity contribution in [1.82, 2.24) is 0 Å². The van der Waals surface area contributed by atoms with E-state index in [2.05, 4.69) is 4.74 Å². The van der Waals surface area contributed by atoms with Crippen molar-refractivity contribution in [2.45, 2.75) is 6.04 Å². The fourth-order valence-corrected chi connectivity index (χ4v) is 1.36. The van der Waals surface area contributed by atoms with Crippen molar-refractivity contribution in [2.24, 2.45) is 5.73 Å². The summed E-state index contributed by atoms with van der Waals surface area (Å²) in [7, 11) is 3.97. The van der Waals surface area contributed by atoms with E-state index in [1.54, 1.807) is 0 Å². The lowest BCUT2D eigenvalue weighted by molar-refractivity contribution is -0.142. The summed E-state index contributed by atoms with van der Waals surface area (Å²) in [6.45, 7) is 0. The molecular formula is C11H14FNO4. The summed E-state index contributed by atoms with van der Waals surface area (Å²) in [6, 6.07) is 1.23. The first-order valence-electron chi connectivity index (χ1n) is 4.80. The number of carbonyl (C=O) groups is 1. The summed E-state index contributed by atoms with van der Waals surface area (Å²) < 4.78 is 28.0. The molecule has 0 radical (unpaired) electrons. The molecule has 0 aliphatic rings. The van der Waals surface area contributed by atoms with E-state index in [1.807, 2.05) is 0 Å². The molecule has 0 fully saturated rings. The van der Waals surface area contributed by atoms with E-state index in [0.717, 1.165) is 6.07 Å². The molecule has 0 amide bonds. The maximum absolute atomic E-state index is 13.7. The zero-order chi connectivity index (χ0) is 13.0. The van der Waals surface area contributed by atoms with Crippen LogP contribution in [0.3, 0.4) is 0 Å². The zero-order valence-corrected chi connectivity index (χ0v) is 9.82. The highest BCUT2D eigenvalue weighted by Gasteiger charge is 2.22. The van der Waals surface area contributed by atoms with E-state index in [4.69, 9.17) is 15.2 Å². The van der Waals surface area contributed by atoms with E-state index >= 15 is 0 Å². The van der Waals surface area contributed by atoms with E-state index < -0.39 is 17.8 Å².